The number of carbonyl (C=O) groups excluding carboxylic acids is 1. The average Bonchev–Trinajstić information content (AvgIpc) is 3.13. The molecule has 2 aromatic rings. The fraction of sp³-hybridized carbons (Fsp3) is 0.389. The van der Waals surface area contributed by atoms with Crippen LogP contribution in [0.15, 0.2) is 39.5 Å². The predicted molar refractivity (Wildman–Crippen MR) is 103 cm³/mol. The Hall–Kier alpha value is -1.37. The first-order valence-corrected chi connectivity index (χ1v) is 9.72. The van der Waals surface area contributed by atoms with E-state index in [0.717, 1.165) is 17.6 Å². The third kappa shape index (κ3) is 4.59. The third-order valence-corrected chi connectivity index (χ3v) is 5.45. The van der Waals surface area contributed by atoms with E-state index in [-0.39, 0.29) is 11.9 Å². The Labute approximate surface area is 156 Å². The lowest BCUT2D eigenvalue weighted by atomic mass is 10.1. The Bertz CT molecular complexity index is 657. The molecule has 0 unspecified atom stereocenters. The topological polar surface area (TPSA) is 41.6 Å². The van der Waals surface area contributed by atoms with E-state index in [2.05, 4.69) is 56.8 Å². The number of halogens is 1. The highest BCUT2D eigenvalue weighted by molar-refractivity contribution is 9.10. The van der Waals surface area contributed by atoms with Crippen molar-refractivity contribution in [2.24, 2.45) is 0 Å². The van der Waals surface area contributed by atoms with Crippen LogP contribution in [0.1, 0.15) is 35.8 Å². The number of methoxy groups -OCH3 is 1. The standard InChI is InChI=1S/C18H23BrN2O2S/c1-4-21(5-2)17(13-8-9-24-12-13)11-20-18(22)15-10-14(23-3)6-7-16(15)19/h6-10,12,17H,4-5,11H2,1-3H3,(H,20,22)/t17-/m1/s1. The van der Waals surface area contributed by atoms with Gasteiger partial charge in [-0.15, -0.1) is 0 Å². The highest BCUT2D eigenvalue weighted by Gasteiger charge is 2.20. The van der Waals surface area contributed by atoms with E-state index >= 15 is 0 Å². The molecule has 1 N–H and O–H groups in total. The molecular weight excluding hydrogens is 388 g/mol. The molecule has 0 aliphatic heterocycles. The number of hydrogen-bond donors (Lipinski definition) is 1. The van der Waals surface area contributed by atoms with Gasteiger partial charge >= 0.3 is 0 Å². The number of nitrogens with one attached hydrogen (secondary N) is 1. The molecular formula is C18H23BrN2O2S. The smallest absolute Gasteiger partial charge is 0.252 e. The third-order valence-electron chi connectivity index (χ3n) is 4.06. The fourth-order valence-electron chi connectivity index (χ4n) is 2.68. The predicted octanol–water partition coefficient (Wildman–Crippen LogP) is 4.33. The Morgan fingerprint density at radius 2 is 2.08 bits per heavy atom. The minimum Gasteiger partial charge on any atom is -0.497 e. The van der Waals surface area contributed by atoms with Gasteiger partial charge in [0.25, 0.3) is 5.91 Å². The number of nitrogens with zero attached hydrogens (tertiary/aromatic N) is 1. The number of benzene rings is 1. The molecule has 2 rings (SSSR count). The van der Waals surface area contributed by atoms with Gasteiger partial charge < -0.3 is 10.1 Å². The van der Waals surface area contributed by atoms with Gasteiger partial charge in [0.15, 0.2) is 0 Å². The zero-order chi connectivity index (χ0) is 17.5. The van der Waals surface area contributed by atoms with Crippen molar-refractivity contribution in [2.45, 2.75) is 19.9 Å². The second-order valence-corrected chi connectivity index (χ2v) is 6.98. The monoisotopic (exact) mass is 410 g/mol. The van der Waals surface area contributed by atoms with Crippen molar-refractivity contribution in [1.82, 2.24) is 10.2 Å². The SMILES string of the molecule is CCN(CC)[C@H](CNC(=O)c1cc(OC)ccc1Br)c1ccsc1. The Kier molecular flexibility index (Phi) is 7.27. The van der Waals surface area contributed by atoms with Crippen molar-refractivity contribution in [3.63, 3.8) is 0 Å². The van der Waals surface area contributed by atoms with Crippen LogP contribution in [0, 0.1) is 0 Å². The summed E-state index contributed by atoms with van der Waals surface area (Å²) in [5, 5.41) is 7.29. The molecule has 0 saturated heterocycles. The molecule has 0 fully saturated rings. The van der Waals surface area contributed by atoms with Crippen molar-refractivity contribution in [3.05, 3.63) is 50.6 Å². The van der Waals surface area contributed by atoms with Crippen LogP contribution in [0.25, 0.3) is 0 Å². The summed E-state index contributed by atoms with van der Waals surface area (Å²) >= 11 is 5.12. The van der Waals surface area contributed by atoms with Crippen molar-refractivity contribution >= 4 is 33.2 Å². The van der Waals surface area contributed by atoms with Crippen molar-refractivity contribution in [2.75, 3.05) is 26.7 Å². The number of thiophene rings is 1. The number of hydrogen-bond acceptors (Lipinski definition) is 4. The molecule has 130 valence electrons. The average molecular weight is 411 g/mol. The van der Waals surface area contributed by atoms with E-state index < -0.39 is 0 Å². The van der Waals surface area contributed by atoms with Crippen LogP contribution >= 0.6 is 27.3 Å². The van der Waals surface area contributed by atoms with Crippen LogP contribution in [0.2, 0.25) is 0 Å². The van der Waals surface area contributed by atoms with E-state index in [1.165, 1.54) is 5.56 Å². The number of carbonyl (C=O) groups is 1. The van der Waals surface area contributed by atoms with Crippen LogP contribution in [0.4, 0.5) is 0 Å². The summed E-state index contributed by atoms with van der Waals surface area (Å²) in [6.07, 6.45) is 0. The molecule has 0 saturated carbocycles. The Morgan fingerprint density at radius 1 is 1.33 bits per heavy atom. The first-order valence-electron chi connectivity index (χ1n) is 7.98. The number of ether oxygens (including phenoxy) is 1. The van der Waals surface area contributed by atoms with Crippen molar-refractivity contribution < 1.29 is 9.53 Å². The maximum atomic E-state index is 12.6. The highest BCUT2D eigenvalue weighted by atomic mass is 79.9. The summed E-state index contributed by atoms with van der Waals surface area (Å²) in [6, 6.07) is 7.71. The summed E-state index contributed by atoms with van der Waals surface area (Å²) in [7, 11) is 1.60. The van der Waals surface area contributed by atoms with Gasteiger partial charge in [0.2, 0.25) is 0 Å². The Balaban J connectivity index is 2.13. The van der Waals surface area contributed by atoms with Crippen LogP contribution < -0.4 is 10.1 Å². The summed E-state index contributed by atoms with van der Waals surface area (Å²) in [6.45, 7) is 6.74. The van der Waals surface area contributed by atoms with Gasteiger partial charge in [-0.25, -0.2) is 0 Å². The van der Waals surface area contributed by atoms with Gasteiger partial charge in [-0.1, -0.05) is 13.8 Å². The second kappa shape index (κ2) is 9.20. The van der Waals surface area contributed by atoms with E-state index in [4.69, 9.17) is 4.74 Å². The van der Waals surface area contributed by atoms with Gasteiger partial charge in [-0.2, -0.15) is 11.3 Å². The molecule has 1 amide bonds. The van der Waals surface area contributed by atoms with Gasteiger partial charge in [-0.3, -0.25) is 9.69 Å². The number of amides is 1. The van der Waals surface area contributed by atoms with E-state index in [1.807, 2.05) is 12.1 Å². The molecule has 0 spiro atoms. The zero-order valence-electron chi connectivity index (χ0n) is 14.2. The number of rotatable bonds is 8. The van der Waals surface area contributed by atoms with Crippen LogP contribution in [0.3, 0.4) is 0 Å². The lowest BCUT2D eigenvalue weighted by molar-refractivity contribution is 0.0934. The molecule has 1 aromatic carbocycles. The minimum absolute atomic E-state index is 0.104. The second-order valence-electron chi connectivity index (χ2n) is 5.35. The molecule has 0 bridgehead atoms. The van der Waals surface area contributed by atoms with Crippen LogP contribution in [-0.2, 0) is 0 Å². The normalized spacial score (nSPS) is 12.2. The lowest BCUT2D eigenvalue weighted by Gasteiger charge is -2.29. The zero-order valence-corrected chi connectivity index (χ0v) is 16.6. The van der Waals surface area contributed by atoms with Gasteiger partial charge in [-0.05, 0) is 69.6 Å². The highest BCUT2D eigenvalue weighted by Crippen LogP contribution is 2.24. The van der Waals surface area contributed by atoms with Crippen molar-refractivity contribution in [3.8, 4) is 5.75 Å². The van der Waals surface area contributed by atoms with Gasteiger partial charge in [0, 0.05) is 11.0 Å². The van der Waals surface area contributed by atoms with E-state index in [0.29, 0.717) is 17.9 Å². The molecule has 1 heterocycles. The molecule has 24 heavy (non-hydrogen) atoms. The first kappa shape index (κ1) is 19.0. The van der Waals surface area contributed by atoms with Crippen LogP contribution in [-0.4, -0.2) is 37.6 Å². The maximum Gasteiger partial charge on any atom is 0.252 e. The van der Waals surface area contributed by atoms with Crippen molar-refractivity contribution in [1.29, 1.82) is 0 Å². The summed E-state index contributed by atoms with van der Waals surface area (Å²) in [5.41, 5.74) is 1.83. The van der Waals surface area contributed by atoms with E-state index in [1.54, 1.807) is 24.5 Å². The summed E-state index contributed by atoms with van der Waals surface area (Å²) in [5.74, 6) is 0.564. The maximum absolute atomic E-state index is 12.6. The molecule has 0 aliphatic rings. The summed E-state index contributed by atoms with van der Waals surface area (Å²) in [4.78, 5) is 14.9. The molecule has 1 atom stereocenters. The molecule has 6 heteroatoms. The van der Waals surface area contributed by atoms with E-state index in [9.17, 15) is 4.79 Å². The fourth-order valence-corrected chi connectivity index (χ4v) is 3.81. The molecule has 4 nitrogen and oxygen atoms in total. The quantitative estimate of drug-likeness (QED) is 0.703. The van der Waals surface area contributed by atoms with Gasteiger partial charge in [0.1, 0.15) is 5.75 Å². The largest absolute Gasteiger partial charge is 0.497 e. The lowest BCUT2D eigenvalue weighted by Crippen LogP contribution is -2.38. The molecule has 0 aliphatic carbocycles. The Morgan fingerprint density at radius 3 is 2.67 bits per heavy atom. The van der Waals surface area contributed by atoms with Crippen LogP contribution in [0.5, 0.6) is 5.75 Å². The minimum atomic E-state index is -0.104. The van der Waals surface area contributed by atoms with Gasteiger partial charge in [0.05, 0.1) is 18.7 Å². The molecule has 0 radical (unpaired) electrons. The molecule has 1 aromatic heterocycles. The first-order chi connectivity index (χ1) is 11.6. The number of likely N-dealkylation sites (N-methyl/N-ethyl adjacent to an activating group) is 1. The summed E-state index contributed by atoms with van der Waals surface area (Å²) < 4.78 is 5.97.